The smallest absolute Gasteiger partial charge is 0.164 e. The van der Waals surface area contributed by atoms with Crippen LogP contribution in [0.25, 0.3) is 0 Å². The van der Waals surface area contributed by atoms with Crippen LogP contribution < -0.4 is 0 Å². The second kappa shape index (κ2) is 4.96. The van der Waals surface area contributed by atoms with Crippen molar-refractivity contribution in [2.45, 2.75) is 40.0 Å². The molecule has 0 aliphatic rings. The maximum Gasteiger partial charge on any atom is 0.164 e. The van der Waals surface area contributed by atoms with E-state index in [9.17, 15) is 4.79 Å². The molecule has 2 heteroatoms. The first-order valence-electron chi connectivity index (χ1n) is 4.39. The van der Waals surface area contributed by atoms with Crippen molar-refractivity contribution in [2.24, 2.45) is 5.41 Å². The summed E-state index contributed by atoms with van der Waals surface area (Å²) in [5.74, 6) is -0.00144. The summed E-state index contributed by atoms with van der Waals surface area (Å²) in [4.78, 5) is 11.3. The summed E-state index contributed by atoms with van der Waals surface area (Å²) < 4.78 is 0. The Morgan fingerprint density at radius 2 is 2.08 bits per heavy atom. The van der Waals surface area contributed by atoms with Crippen molar-refractivity contribution in [1.82, 2.24) is 0 Å². The molecule has 0 aliphatic carbocycles. The zero-order chi connectivity index (χ0) is 9.61. The van der Waals surface area contributed by atoms with Crippen molar-refractivity contribution in [1.29, 1.82) is 0 Å². The molecule has 0 atom stereocenters. The van der Waals surface area contributed by atoms with Gasteiger partial charge in [-0.2, -0.15) is 0 Å². The molecule has 0 saturated carbocycles. The molecule has 0 aromatic carbocycles. The Kier molecular flexibility index (Phi) is 4.64. The lowest BCUT2D eigenvalue weighted by atomic mass is 9.83. The van der Waals surface area contributed by atoms with Gasteiger partial charge in [0.05, 0.1) is 6.26 Å². The number of carbonyl (C=O) groups excluding carboxylic acids is 1. The minimum absolute atomic E-state index is 0.00144. The summed E-state index contributed by atoms with van der Waals surface area (Å²) in [5.41, 5.74) is -0.324. The van der Waals surface area contributed by atoms with Crippen LogP contribution in [0.2, 0.25) is 0 Å². The van der Waals surface area contributed by atoms with Crippen LogP contribution in [0.1, 0.15) is 40.0 Å². The van der Waals surface area contributed by atoms with E-state index in [-0.39, 0.29) is 11.2 Å². The monoisotopic (exact) mass is 170 g/mol. The first kappa shape index (κ1) is 11.2. The molecule has 0 unspecified atom stereocenters. The summed E-state index contributed by atoms with van der Waals surface area (Å²) in [7, 11) is 0. The lowest BCUT2D eigenvalue weighted by Gasteiger charge is -2.20. The molecular formula is C10H18O2. The van der Waals surface area contributed by atoms with Crippen molar-refractivity contribution in [3.05, 3.63) is 12.3 Å². The van der Waals surface area contributed by atoms with E-state index in [1.54, 1.807) is 0 Å². The van der Waals surface area contributed by atoms with Crippen LogP contribution in [-0.4, -0.2) is 10.9 Å². The molecule has 70 valence electrons. The molecule has 12 heavy (non-hydrogen) atoms. The fourth-order valence-electron chi connectivity index (χ4n) is 1.04. The molecule has 0 saturated heterocycles. The van der Waals surface area contributed by atoms with Crippen molar-refractivity contribution in [2.75, 3.05) is 0 Å². The number of rotatable bonds is 5. The molecule has 0 spiro atoms. The van der Waals surface area contributed by atoms with E-state index in [1.165, 1.54) is 6.08 Å². The van der Waals surface area contributed by atoms with E-state index in [1.807, 2.05) is 13.8 Å². The molecular weight excluding hydrogens is 152 g/mol. The van der Waals surface area contributed by atoms with E-state index in [0.29, 0.717) is 0 Å². The third-order valence-electron chi connectivity index (χ3n) is 2.05. The number of carbonyl (C=O) groups is 1. The Balaban J connectivity index is 4.09. The highest BCUT2D eigenvalue weighted by atomic mass is 16.2. The molecule has 0 aliphatic heterocycles. The third-order valence-corrected chi connectivity index (χ3v) is 2.05. The quantitative estimate of drug-likeness (QED) is 0.509. The second-order valence-electron chi connectivity index (χ2n) is 3.67. The fraction of sp³-hybridized carbons (Fsp3) is 0.700. The van der Waals surface area contributed by atoms with E-state index in [0.717, 1.165) is 25.5 Å². The number of aliphatic hydroxyl groups is 1. The number of ketones is 1. The van der Waals surface area contributed by atoms with Gasteiger partial charge < -0.3 is 5.11 Å². The highest BCUT2D eigenvalue weighted by Gasteiger charge is 2.24. The number of aliphatic hydroxyl groups excluding tert-OH is 1. The Labute approximate surface area is 74.3 Å². The Hall–Kier alpha value is -0.790. The van der Waals surface area contributed by atoms with Gasteiger partial charge in [0.15, 0.2) is 5.78 Å². The van der Waals surface area contributed by atoms with Crippen molar-refractivity contribution < 1.29 is 9.90 Å². The first-order chi connectivity index (χ1) is 5.54. The van der Waals surface area contributed by atoms with E-state index in [2.05, 4.69) is 6.92 Å². The van der Waals surface area contributed by atoms with Crippen LogP contribution in [0.5, 0.6) is 0 Å². The summed E-state index contributed by atoms with van der Waals surface area (Å²) in [5, 5.41) is 8.42. The predicted molar refractivity (Wildman–Crippen MR) is 50.1 cm³/mol. The standard InChI is InChI=1S/C10H18O2/c1-4-5-7-10(2,3)9(12)6-8-11/h6,8,11H,4-5,7H2,1-3H3. The predicted octanol–water partition coefficient (Wildman–Crippen LogP) is 2.84. The number of unbranched alkanes of at least 4 members (excludes halogenated alkanes) is 1. The largest absolute Gasteiger partial charge is 0.515 e. The van der Waals surface area contributed by atoms with Crippen molar-refractivity contribution >= 4 is 5.78 Å². The average molecular weight is 170 g/mol. The topological polar surface area (TPSA) is 37.3 Å². The number of hydrogen-bond acceptors (Lipinski definition) is 2. The lowest BCUT2D eigenvalue weighted by Crippen LogP contribution is -2.22. The average Bonchev–Trinajstić information content (AvgIpc) is 2.01. The summed E-state index contributed by atoms with van der Waals surface area (Å²) >= 11 is 0. The maximum atomic E-state index is 11.3. The molecule has 0 aromatic heterocycles. The van der Waals surface area contributed by atoms with Gasteiger partial charge in [0.25, 0.3) is 0 Å². The Morgan fingerprint density at radius 1 is 1.50 bits per heavy atom. The number of allylic oxidation sites excluding steroid dienone is 1. The van der Waals surface area contributed by atoms with E-state index >= 15 is 0 Å². The summed E-state index contributed by atoms with van der Waals surface area (Å²) in [6.07, 6.45) is 5.08. The first-order valence-corrected chi connectivity index (χ1v) is 4.39. The van der Waals surface area contributed by atoms with Gasteiger partial charge >= 0.3 is 0 Å². The van der Waals surface area contributed by atoms with Crippen LogP contribution in [0.3, 0.4) is 0 Å². The zero-order valence-electron chi connectivity index (χ0n) is 8.13. The molecule has 1 N–H and O–H groups in total. The van der Waals surface area contributed by atoms with Gasteiger partial charge in [-0.15, -0.1) is 0 Å². The summed E-state index contributed by atoms with van der Waals surface area (Å²) in [6, 6.07) is 0. The molecule has 0 heterocycles. The third kappa shape index (κ3) is 3.56. The number of hydrogen-bond donors (Lipinski definition) is 1. The maximum absolute atomic E-state index is 11.3. The molecule has 2 nitrogen and oxygen atoms in total. The van der Waals surface area contributed by atoms with Gasteiger partial charge in [-0.05, 0) is 6.42 Å². The highest BCUT2D eigenvalue weighted by Crippen LogP contribution is 2.24. The normalized spacial score (nSPS) is 12.2. The van der Waals surface area contributed by atoms with Gasteiger partial charge in [0.1, 0.15) is 0 Å². The van der Waals surface area contributed by atoms with Crippen LogP contribution in [-0.2, 0) is 4.79 Å². The van der Waals surface area contributed by atoms with Crippen molar-refractivity contribution in [3.63, 3.8) is 0 Å². The fourth-order valence-corrected chi connectivity index (χ4v) is 1.04. The van der Waals surface area contributed by atoms with Gasteiger partial charge in [-0.3, -0.25) is 4.79 Å². The zero-order valence-corrected chi connectivity index (χ0v) is 8.13. The van der Waals surface area contributed by atoms with Crippen LogP contribution in [0.4, 0.5) is 0 Å². The Morgan fingerprint density at radius 3 is 2.50 bits per heavy atom. The molecule has 0 radical (unpaired) electrons. The van der Waals surface area contributed by atoms with E-state index < -0.39 is 0 Å². The molecule has 0 rings (SSSR count). The lowest BCUT2D eigenvalue weighted by molar-refractivity contribution is -0.122. The molecule has 0 amide bonds. The molecule has 0 aromatic rings. The summed E-state index contributed by atoms with van der Waals surface area (Å²) in [6.45, 7) is 5.92. The van der Waals surface area contributed by atoms with Gasteiger partial charge in [0.2, 0.25) is 0 Å². The SMILES string of the molecule is CCCCC(C)(C)C(=O)C=CO. The minimum Gasteiger partial charge on any atom is -0.515 e. The van der Waals surface area contributed by atoms with Gasteiger partial charge in [-0.1, -0.05) is 33.6 Å². The van der Waals surface area contributed by atoms with Gasteiger partial charge in [-0.25, -0.2) is 0 Å². The molecule has 0 fully saturated rings. The second-order valence-corrected chi connectivity index (χ2v) is 3.67. The van der Waals surface area contributed by atoms with Crippen LogP contribution in [0.15, 0.2) is 12.3 Å². The molecule has 0 bridgehead atoms. The van der Waals surface area contributed by atoms with Gasteiger partial charge in [0, 0.05) is 11.5 Å². The Bertz CT molecular complexity index is 169. The minimum atomic E-state index is -0.324. The van der Waals surface area contributed by atoms with Crippen LogP contribution in [0, 0.1) is 5.41 Å². The van der Waals surface area contributed by atoms with Crippen molar-refractivity contribution in [3.8, 4) is 0 Å². The van der Waals surface area contributed by atoms with Crippen LogP contribution >= 0.6 is 0 Å². The highest BCUT2D eigenvalue weighted by molar-refractivity contribution is 5.93. The van der Waals surface area contributed by atoms with E-state index in [4.69, 9.17) is 5.11 Å².